The predicted molar refractivity (Wildman–Crippen MR) is 135 cm³/mol. The van der Waals surface area contributed by atoms with Crippen LogP contribution in [0.2, 0.25) is 0 Å². The Balaban J connectivity index is 1.70. The van der Waals surface area contributed by atoms with Gasteiger partial charge in [0.25, 0.3) is 0 Å². The molecule has 3 aromatic rings. The lowest BCUT2D eigenvalue weighted by molar-refractivity contribution is -0.113. The minimum absolute atomic E-state index is 0.0609. The van der Waals surface area contributed by atoms with Crippen molar-refractivity contribution in [2.75, 3.05) is 11.1 Å². The van der Waals surface area contributed by atoms with Gasteiger partial charge >= 0.3 is 0 Å². The molecule has 0 saturated carbocycles. The van der Waals surface area contributed by atoms with Crippen molar-refractivity contribution in [2.45, 2.75) is 58.3 Å². The van der Waals surface area contributed by atoms with Crippen LogP contribution in [-0.2, 0) is 24.2 Å². The van der Waals surface area contributed by atoms with Crippen molar-refractivity contribution >= 4 is 23.4 Å². The van der Waals surface area contributed by atoms with Gasteiger partial charge in [0.15, 0.2) is 17.1 Å². The molecule has 0 saturated heterocycles. The summed E-state index contributed by atoms with van der Waals surface area (Å²) in [5.74, 6) is 1.65. The quantitative estimate of drug-likeness (QED) is 0.288. The topological polar surface area (TPSA) is 69.0 Å². The van der Waals surface area contributed by atoms with Crippen molar-refractivity contribution in [1.82, 2.24) is 14.8 Å². The first-order valence-electron chi connectivity index (χ1n) is 11.3. The summed E-state index contributed by atoms with van der Waals surface area (Å²) in [7, 11) is 0. The highest BCUT2D eigenvalue weighted by atomic mass is 32.2. The average Bonchev–Trinajstić information content (AvgIpc) is 3.22. The van der Waals surface area contributed by atoms with Crippen LogP contribution >= 0.6 is 11.8 Å². The Bertz CT molecular complexity index is 1070. The number of allylic oxidation sites excluding steroid dienone is 1. The Labute approximate surface area is 200 Å². The van der Waals surface area contributed by atoms with E-state index in [1.807, 2.05) is 48.7 Å². The minimum Gasteiger partial charge on any atom is -0.483 e. The first kappa shape index (κ1) is 24.6. The largest absolute Gasteiger partial charge is 0.483 e. The Morgan fingerprint density at radius 3 is 2.42 bits per heavy atom. The standard InChI is InChI=1S/C26H32N4O2S/c1-6-16-30-25(19(5)32-22-14-12-18(4)13-15-22)28-29-26(30)33-17-23(31)27-24-20(7-2)10-9-11-21(24)8-3/h6,9-15,19H,1,7-8,16-17H2,2-5H3,(H,27,31). The second kappa shape index (κ2) is 11.7. The van der Waals surface area contributed by atoms with Crippen LogP contribution in [0, 0.1) is 6.92 Å². The van der Waals surface area contributed by atoms with Crippen LogP contribution in [0.15, 0.2) is 60.3 Å². The highest BCUT2D eigenvalue weighted by Crippen LogP contribution is 2.26. The Morgan fingerprint density at radius 2 is 1.82 bits per heavy atom. The number of nitrogens with one attached hydrogen (secondary N) is 1. The maximum Gasteiger partial charge on any atom is 0.234 e. The van der Waals surface area contributed by atoms with Crippen molar-refractivity contribution in [3.05, 3.63) is 77.6 Å². The zero-order valence-corrected chi connectivity index (χ0v) is 20.6. The number of aryl methyl sites for hydroxylation is 3. The first-order chi connectivity index (χ1) is 16.0. The van der Waals surface area contributed by atoms with Crippen LogP contribution in [0.4, 0.5) is 5.69 Å². The van der Waals surface area contributed by atoms with E-state index < -0.39 is 0 Å². The number of para-hydroxylation sites is 1. The zero-order chi connectivity index (χ0) is 23.8. The lowest BCUT2D eigenvalue weighted by Crippen LogP contribution is -2.17. The Hall–Kier alpha value is -3.06. The number of rotatable bonds is 11. The molecule has 1 heterocycles. The van der Waals surface area contributed by atoms with E-state index in [1.165, 1.54) is 17.3 Å². The third-order valence-electron chi connectivity index (χ3n) is 5.35. The number of ether oxygens (including phenoxy) is 1. The summed E-state index contributed by atoms with van der Waals surface area (Å²) < 4.78 is 8.01. The molecule has 1 atom stereocenters. The normalized spacial score (nSPS) is 11.8. The molecule has 0 aliphatic rings. The summed E-state index contributed by atoms with van der Waals surface area (Å²) in [5, 5.41) is 12.5. The second-order valence-corrected chi connectivity index (χ2v) is 8.75. The molecule has 0 radical (unpaired) electrons. The molecule has 174 valence electrons. The van der Waals surface area contributed by atoms with E-state index in [1.54, 1.807) is 6.08 Å². The molecule has 0 aliphatic carbocycles. The number of benzene rings is 2. The molecule has 1 N–H and O–H groups in total. The number of nitrogens with zero attached hydrogens (tertiary/aromatic N) is 3. The third-order valence-corrected chi connectivity index (χ3v) is 6.32. The van der Waals surface area contributed by atoms with E-state index in [4.69, 9.17) is 4.74 Å². The van der Waals surface area contributed by atoms with Gasteiger partial charge in [0.1, 0.15) is 5.75 Å². The van der Waals surface area contributed by atoms with Gasteiger partial charge in [-0.1, -0.05) is 67.6 Å². The van der Waals surface area contributed by atoms with Crippen LogP contribution < -0.4 is 10.1 Å². The summed E-state index contributed by atoms with van der Waals surface area (Å²) >= 11 is 1.36. The molecule has 7 heteroatoms. The number of anilines is 1. The van der Waals surface area contributed by atoms with Crippen molar-refractivity contribution in [1.29, 1.82) is 0 Å². The van der Waals surface area contributed by atoms with E-state index >= 15 is 0 Å². The Morgan fingerprint density at radius 1 is 1.15 bits per heavy atom. The number of carbonyl (C=O) groups excluding carboxylic acids is 1. The molecule has 0 bridgehead atoms. The van der Waals surface area contributed by atoms with E-state index in [9.17, 15) is 4.79 Å². The SMILES string of the molecule is C=CCn1c(SCC(=O)Nc2c(CC)cccc2CC)nnc1C(C)Oc1ccc(C)cc1. The molecule has 2 aromatic carbocycles. The van der Waals surface area contributed by atoms with Crippen molar-refractivity contribution in [3.63, 3.8) is 0 Å². The fourth-order valence-corrected chi connectivity index (χ4v) is 4.35. The number of hydrogen-bond acceptors (Lipinski definition) is 5. The average molecular weight is 465 g/mol. The van der Waals surface area contributed by atoms with Crippen LogP contribution in [0.1, 0.15) is 49.4 Å². The molecule has 1 amide bonds. The maximum atomic E-state index is 12.8. The highest BCUT2D eigenvalue weighted by molar-refractivity contribution is 7.99. The lowest BCUT2D eigenvalue weighted by atomic mass is 10.0. The molecule has 0 fully saturated rings. The summed E-state index contributed by atoms with van der Waals surface area (Å²) in [6, 6.07) is 14.1. The molecular formula is C26H32N4O2S. The molecule has 33 heavy (non-hydrogen) atoms. The van der Waals surface area contributed by atoms with Gasteiger partial charge in [-0.2, -0.15) is 0 Å². The zero-order valence-electron chi connectivity index (χ0n) is 19.8. The molecular weight excluding hydrogens is 432 g/mol. The third kappa shape index (κ3) is 6.26. The van der Waals surface area contributed by atoms with Crippen LogP contribution in [0.25, 0.3) is 0 Å². The molecule has 1 aromatic heterocycles. The van der Waals surface area contributed by atoms with Gasteiger partial charge in [-0.25, -0.2) is 0 Å². The van der Waals surface area contributed by atoms with Crippen molar-refractivity contribution in [3.8, 4) is 5.75 Å². The van der Waals surface area contributed by atoms with E-state index in [0.717, 1.165) is 35.4 Å². The van der Waals surface area contributed by atoms with Gasteiger partial charge in [0.2, 0.25) is 5.91 Å². The summed E-state index contributed by atoms with van der Waals surface area (Å²) in [4.78, 5) is 12.8. The smallest absolute Gasteiger partial charge is 0.234 e. The number of hydrogen-bond donors (Lipinski definition) is 1. The predicted octanol–water partition coefficient (Wildman–Crippen LogP) is 5.77. The van der Waals surface area contributed by atoms with E-state index in [-0.39, 0.29) is 17.8 Å². The Kier molecular flexibility index (Phi) is 8.72. The van der Waals surface area contributed by atoms with Crippen LogP contribution in [-0.4, -0.2) is 26.4 Å². The van der Waals surface area contributed by atoms with E-state index in [2.05, 4.69) is 48.1 Å². The van der Waals surface area contributed by atoms with Gasteiger partial charge in [0.05, 0.1) is 5.75 Å². The maximum absolute atomic E-state index is 12.8. The minimum atomic E-state index is -0.299. The van der Waals surface area contributed by atoms with Crippen LogP contribution in [0.3, 0.4) is 0 Å². The molecule has 0 spiro atoms. The number of thioether (sulfide) groups is 1. The molecule has 1 unspecified atom stereocenters. The van der Waals surface area contributed by atoms with Gasteiger partial charge < -0.3 is 10.1 Å². The molecule has 0 aliphatic heterocycles. The monoisotopic (exact) mass is 464 g/mol. The highest BCUT2D eigenvalue weighted by Gasteiger charge is 2.20. The lowest BCUT2D eigenvalue weighted by Gasteiger charge is -2.16. The first-order valence-corrected chi connectivity index (χ1v) is 12.3. The van der Waals surface area contributed by atoms with Gasteiger partial charge in [-0.3, -0.25) is 9.36 Å². The number of amides is 1. The van der Waals surface area contributed by atoms with E-state index in [0.29, 0.717) is 17.5 Å². The molecule has 3 rings (SSSR count). The van der Waals surface area contributed by atoms with Gasteiger partial charge in [-0.05, 0) is 49.9 Å². The number of carbonyl (C=O) groups is 1. The fourth-order valence-electron chi connectivity index (χ4n) is 3.59. The fraction of sp³-hybridized carbons (Fsp3) is 0.346. The van der Waals surface area contributed by atoms with Gasteiger partial charge in [-0.15, -0.1) is 16.8 Å². The summed E-state index contributed by atoms with van der Waals surface area (Å²) in [6.07, 6.45) is 3.23. The number of aromatic nitrogens is 3. The second-order valence-electron chi connectivity index (χ2n) is 7.81. The van der Waals surface area contributed by atoms with Gasteiger partial charge in [0, 0.05) is 12.2 Å². The molecule has 6 nitrogen and oxygen atoms in total. The summed E-state index contributed by atoms with van der Waals surface area (Å²) in [5.41, 5.74) is 4.40. The van der Waals surface area contributed by atoms with Crippen molar-refractivity contribution < 1.29 is 9.53 Å². The van der Waals surface area contributed by atoms with Crippen molar-refractivity contribution in [2.24, 2.45) is 0 Å². The van der Waals surface area contributed by atoms with Crippen LogP contribution in [0.5, 0.6) is 5.75 Å². The summed E-state index contributed by atoms with van der Waals surface area (Å²) in [6.45, 7) is 12.6.